The lowest BCUT2D eigenvalue weighted by Crippen LogP contribution is -2.48. The highest BCUT2D eigenvalue weighted by Crippen LogP contribution is 2.37. The van der Waals surface area contributed by atoms with Crippen LogP contribution < -0.4 is 0 Å². The number of rotatable bonds is 4. The van der Waals surface area contributed by atoms with Crippen LogP contribution in [0.1, 0.15) is 60.4 Å². The average Bonchev–Trinajstić information content (AvgIpc) is 3.43. The summed E-state index contributed by atoms with van der Waals surface area (Å²) >= 11 is 0. The molecule has 5 rings (SSSR count). The number of halogens is 1. The number of ether oxygens (including phenoxy) is 1. The van der Waals surface area contributed by atoms with E-state index in [1.807, 2.05) is 49.1 Å². The molecule has 8 heteroatoms. The molecule has 0 bridgehead atoms. The second-order valence-electron chi connectivity index (χ2n) is 9.96. The van der Waals surface area contributed by atoms with Gasteiger partial charge in [-0.1, -0.05) is 30.3 Å². The maximum absolute atomic E-state index is 15.5. The van der Waals surface area contributed by atoms with Crippen molar-refractivity contribution in [1.82, 2.24) is 19.6 Å². The molecular formula is C26H33FN4O3. The first kappa shape index (κ1) is 23.0. The van der Waals surface area contributed by atoms with E-state index in [0.29, 0.717) is 37.4 Å². The van der Waals surface area contributed by atoms with Crippen molar-refractivity contribution in [2.75, 3.05) is 26.2 Å². The third kappa shape index (κ3) is 4.35. The second-order valence-corrected chi connectivity index (χ2v) is 9.96. The molecule has 7 nitrogen and oxygen atoms in total. The lowest BCUT2D eigenvalue weighted by molar-refractivity contribution is -0.134. The quantitative estimate of drug-likeness (QED) is 0.692. The van der Waals surface area contributed by atoms with E-state index < -0.39 is 5.67 Å². The molecule has 1 aliphatic carbocycles. The Kier molecular flexibility index (Phi) is 6.18. The Morgan fingerprint density at radius 3 is 2.41 bits per heavy atom. The van der Waals surface area contributed by atoms with Gasteiger partial charge in [0.1, 0.15) is 12.2 Å². The smallest absolute Gasteiger partial charge is 0.274 e. The fourth-order valence-electron chi connectivity index (χ4n) is 5.67. The van der Waals surface area contributed by atoms with E-state index in [0.717, 1.165) is 30.5 Å². The minimum atomic E-state index is -1.39. The number of likely N-dealkylation sites (tertiary alicyclic amines) is 1. The van der Waals surface area contributed by atoms with E-state index in [2.05, 4.69) is 5.10 Å². The van der Waals surface area contributed by atoms with Crippen LogP contribution in [-0.2, 0) is 34.6 Å². The molecule has 1 aromatic heterocycles. The lowest BCUT2D eigenvalue weighted by atomic mass is 9.86. The number of aromatic nitrogens is 2. The molecule has 0 spiro atoms. The Labute approximate surface area is 199 Å². The Hall–Kier alpha value is -2.74. The van der Waals surface area contributed by atoms with Crippen molar-refractivity contribution in [3.63, 3.8) is 0 Å². The van der Waals surface area contributed by atoms with Crippen LogP contribution in [0.3, 0.4) is 0 Å². The van der Waals surface area contributed by atoms with Gasteiger partial charge in [0.2, 0.25) is 5.91 Å². The zero-order valence-corrected chi connectivity index (χ0v) is 20.0. The Morgan fingerprint density at radius 2 is 1.74 bits per heavy atom. The molecule has 182 valence electrons. The van der Waals surface area contributed by atoms with Crippen LogP contribution in [0.15, 0.2) is 30.3 Å². The standard InChI is InChI=1S/C26H33FN4O3/c1-18-15-30(16-19(2)34-18)25(33)24-21-9-6-10-22(21)31(28-24)17-23(32)29-13-11-26(27,12-14-29)20-7-4-3-5-8-20/h3-5,7-8,18-19H,6,9-17H2,1-2H3/t18-,19+. The molecule has 2 aliphatic heterocycles. The van der Waals surface area contributed by atoms with Crippen molar-refractivity contribution >= 4 is 11.8 Å². The number of nitrogens with zero attached hydrogens (tertiary/aromatic N) is 4. The fourth-order valence-corrected chi connectivity index (χ4v) is 5.67. The van der Waals surface area contributed by atoms with E-state index in [1.54, 1.807) is 9.58 Å². The molecule has 0 radical (unpaired) electrons. The first-order valence-corrected chi connectivity index (χ1v) is 12.4. The Bertz CT molecular complexity index is 1050. The van der Waals surface area contributed by atoms with Crippen molar-refractivity contribution in [2.45, 2.75) is 70.4 Å². The van der Waals surface area contributed by atoms with Crippen molar-refractivity contribution < 1.29 is 18.7 Å². The minimum absolute atomic E-state index is 0.0120. The molecule has 0 unspecified atom stereocenters. The molecular weight excluding hydrogens is 435 g/mol. The van der Waals surface area contributed by atoms with Crippen LogP contribution >= 0.6 is 0 Å². The topological polar surface area (TPSA) is 67.7 Å². The van der Waals surface area contributed by atoms with Gasteiger partial charge in [0, 0.05) is 50.3 Å². The predicted octanol–water partition coefficient (Wildman–Crippen LogP) is 3.11. The summed E-state index contributed by atoms with van der Waals surface area (Å²) < 4.78 is 23.0. The van der Waals surface area contributed by atoms with Crippen LogP contribution in [0.2, 0.25) is 0 Å². The summed E-state index contributed by atoms with van der Waals surface area (Å²) in [7, 11) is 0. The molecule has 2 saturated heterocycles. The number of hydrogen-bond donors (Lipinski definition) is 0. The van der Waals surface area contributed by atoms with Crippen LogP contribution in [-0.4, -0.2) is 69.8 Å². The number of morpholine rings is 1. The van der Waals surface area contributed by atoms with Gasteiger partial charge < -0.3 is 14.5 Å². The van der Waals surface area contributed by atoms with E-state index in [1.165, 1.54) is 0 Å². The van der Waals surface area contributed by atoms with E-state index >= 15 is 4.39 Å². The maximum Gasteiger partial charge on any atom is 0.274 e. The average molecular weight is 469 g/mol. The normalized spacial score (nSPS) is 24.2. The van der Waals surface area contributed by atoms with Gasteiger partial charge in [0.05, 0.1) is 12.2 Å². The van der Waals surface area contributed by atoms with Gasteiger partial charge in [-0.05, 0) is 38.7 Å². The molecule has 1 aromatic carbocycles. The molecule has 2 amide bonds. The predicted molar refractivity (Wildman–Crippen MR) is 125 cm³/mol. The minimum Gasteiger partial charge on any atom is -0.372 e. The summed E-state index contributed by atoms with van der Waals surface area (Å²) in [5.41, 5.74) is 1.74. The summed E-state index contributed by atoms with van der Waals surface area (Å²) in [4.78, 5) is 30.0. The van der Waals surface area contributed by atoms with Gasteiger partial charge in [-0.2, -0.15) is 5.10 Å². The molecule has 3 heterocycles. The number of carbonyl (C=O) groups is 2. The van der Waals surface area contributed by atoms with Gasteiger partial charge in [-0.15, -0.1) is 0 Å². The van der Waals surface area contributed by atoms with Gasteiger partial charge in [0.15, 0.2) is 5.69 Å². The number of hydrogen-bond acceptors (Lipinski definition) is 4. The van der Waals surface area contributed by atoms with E-state index in [9.17, 15) is 9.59 Å². The summed E-state index contributed by atoms with van der Waals surface area (Å²) in [6.07, 6.45) is 3.15. The third-order valence-electron chi connectivity index (χ3n) is 7.40. The molecule has 3 aliphatic rings. The number of alkyl halides is 1. The molecule has 0 saturated carbocycles. The second kappa shape index (κ2) is 9.13. The molecule has 34 heavy (non-hydrogen) atoms. The van der Waals surface area contributed by atoms with Crippen molar-refractivity contribution in [3.8, 4) is 0 Å². The number of amides is 2. The highest BCUT2D eigenvalue weighted by molar-refractivity contribution is 5.94. The zero-order chi connectivity index (χ0) is 23.9. The highest BCUT2D eigenvalue weighted by Gasteiger charge is 2.38. The van der Waals surface area contributed by atoms with Gasteiger partial charge in [-0.25, -0.2) is 4.39 Å². The van der Waals surface area contributed by atoms with Gasteiger partial charge in [-0.3, -0.25) is 14.3 Å². The van der Waals surface area contributed by atoms with Crippen LogP contribution in [0.25, 0.3) is 0 Å². The van der Waals surface area contributed by atoms with Crippen LogP contribution in [0.5, 0.6) is 0 Å². The molecule has 2 fully saturated rings. The lowest BCUT2D eigenvalue weighted by Gasteiger charge is -2.36. The van der Waals surface area contributed by atoms with E-state index in [-0.39, 0.29) is 43.4 Å². The summed E-state index contributed by atoms with van der Waals surface area (Å²) in [6.45, 7) is 5.89. The SMILES string of the molecule is C[C@@H]1CN(C(=O)c2nn(CC(=O)N3CCC(F)(c4ccccc4)CC3)c3c2CCC3)C[C@H](C)O1. The molecule has 2 aromatic rings. The largest absolute Gasteiger partial charge is 0.372 e. The molecule has 2 atom stereocenters. The Balaban J connectivity index is 1.27. The Morgan fingerprint density at radius 1 is 1.06 bits per heavy atom. The van der Waals surface area contributed by atoms with Crippen molar-refractivity contribution in [2.24, 2.45) is 0 Å². The van der Waals surface area contributed by atoms with Gasteiger partial charge in [0.25, 0.3) is 5.91 Å². The summed E-state index contributed by atoms with van der Waals surface area (Å²) in [6, 6.07) is 9.22. The van der Waals surface area contributed by atoms with Crippen LogP contribution in [0, 0.1) is 0 Å². The number of carbonyl (C=O) groups excluding carboxylic acids is 2. The van der Waals surface area contributed by atoms with Gasteiger partial charge >= 0.3 is 0 Å². The number of benzene rings is 1. The van der Waals surface area contributed by atoms with E-state index in [4.69, 9.17) is 4.74 Å². The monoisotopic (exact) mass is 468 g/mol. The third-order valence-corrected chi connectivity index (χ3v) is 7.40. The fraction of sp³-hybridized carbons (Fsp3) is 0.577. The highest BCUT2D eigenvalue weighted by atomic mass is 19.1. The van der Waals surface area contributed by atoms with Crippen molar-refractivity contribution in [1.29, 1.82) is 0 Å². The van der Waals surface area contributed by atoms with Crippen molar-refractivity contribution in [3.05, 3.63) is 52.8 Å². The summed E-state index contributed by atoms with van der Waals surface area (Å²) in [5, 5.41) is 4.63. The number of fused-ring (bicyclic) bond motifs is 1. The first-order chi connectivity index (χ1) is 16.3. The summed E-state index contributed by atoms with van der Waals surface area (Å²) in [5.74, 6) is -0.144. The zero-order valence-electron chi connectivity index (χ0n) is 20.0. The molecule has 0 N–H and O–H groups in total. The van der Waals surface area contributed by atoms with Crippen LogP contribution in [0.4, 0.5) is 4.39 Å². The number of piperidine rings is 1. The maximum atomic E-state index is 15.5. The first-order valence-electron chi connectivity index (χ1n) is 12.4.